The predicted molar refractivity (Wildman–Crippen MR) is 78.4 cm³/mol. The highest BCUT2D eigenvalue weighted by molar-refractivity contribution is 7.90. The first-order chi connectivity index (χ1) is 8.84. The first-order valence-electron chi connectivity index (χ1n) is 6.40. The van der Waals surface area contributed by atoms with Gasteiger partial charge in [0.15, 0.2) is 0 Å². The third-order valence-electron chi connectivity index (χ3n) is 2.39. The summed E-state index contributed by atoms with van der Waals surface area (Å²) in [7, 11) is -3.00. The second-order valence-electron chi connectivity index (χ2n) is 4.58. The molecule has 0 aromatic carbocycles. The van der Waals surface area contributed by atoms with Gasteiger partial charge in [-0.1, -0.05) is 6.92 Å². The Hall–Kier alpha value is -1.37. The van der Waals surface area contributed by atoms with Crippen molar-refractivity contribution in [2.24, 2.45) is 0 Å². The molecule has 1 aromatic heterocycles. The molecule has 0 aliphatic heterocycles. The van der Waals surface area contributed by atoms with Gasteiger partial charge in [-0.2, -0.15) is 0 Å². The molecule has 19 heavy (non-hydrogen) atoms. The average molecular weight is 286 g/mol. The second kappa shape index (κ2) is 6.70. The lowest BCUT2D eigenvalue weighted by Crippen LogP contribution is -2.25. The fourth-order valence-corrected chi connectivity index (χ4v) is 2.74. The fourth-order valence-electron chi connectivity index (χ4n) is 1.75. The molecule has 0 spiro atoms. The lowest BCUT2D eigenvalue weighted by molar-refractivity contribution is 0.598. The summed E-state index contributed by atoms with van der Waals surface area (Å²) in [6, 6.07) is 1.60. The van der Waals surface area contributed by atoms with Gasteiger partial charge < -0.3 is 10.6 Å². The van der Waals surface area contributed by atoms with E-state index >= 15 is 0 Å². The van der Waals surface area contributed by atoms with Crippen molar-refractivity contribution in [3.63, 3.8) is 0 Å². The van der Waals surface area contributed by atoms with Gasteiger partial charge in [0.05, 0.1) is 5.75 Å². The largest absolute Gasteiger partial charge is 0.370 e. The monoisotopic (exact) mass is 286 g/mol. The van der Waals surface area contributed by atoms with Gasteiger partial charge in [-0.15, -0.1) is 0 Å². The first-order valence-corrected chi connectivity index (χ1v) is 8.46. The van der Waals surface area contributed by atoms with Crippen LogP contribution in [0.4, 0.5) is 11.6 Å². The van der Waals surface area contributed by atoms with E-state index < -0.39 is 9.84 Å². The molecule has 0 radical (unpaired) electrons. The number of hydrogen-bond donors (Lipinski definition) is 2. The Bertz CT molecular complexity index is 516. The standard InChI is InChI=1S/C12H22N4O2S/c1-5-10-15-11(13-6-2)7-12(16-10)14-9(3)8-19(4,17)18/h7,9H,5-6,8H2,1-4H3,(H2,13,14,15,16). The smallest absolute Gasteiger partial charge is 0.149 e. The molecule has 0 fully saturated rings. The van der Waals surface area contributed by atoms with Gasteiger partial charge in [0.25, 0.3) is 0 Å². The zero-order valence-corrected chi connectivity index (χ0v) is 12.7. The van der Waals surface area contributed by atoms with Crippen LogP contribution in [-0.4, -0.2) is 43.0 Å². The Morgan fingerprint density at radius 2 is 1.89 bits per heavy atom. The van der Waals surface area contributed by atoms with Crippen molar-refractivity contribution in [3.05, 3.63) is 11.9 Å². The molecule has 2 N–H and O–H groups in total. The molecule has 1 rings (SSSR count). The molecule has 0 amide bonds. The molecular formula is C12H22N4O2S. The molecule has 1 atom stereocenters. The van der Waals surface area contributed by atoms with Gasteiger partial charge in [0, 0.05) is 31.3 Å². The summed E-state index contributed by atoms with van der Waals surface area (Å²) in [5.74, 6) is 2.21. The van der Waals surface area contributed by atoms with E-state index in [-0.39, 0.29) is 11.8 Å². The van der Waals surface area contributed by atoms with Crippen LogP contribution >= 0.6 is 0 Å². The van der Waals surface area contributed by atoms with Crippen LogP contribution in [0.3, 0.4) is 0 Å². The molecule has 0 aliphatic carbocycles. The van der Waals surface area contributed by atoms with Crippen molar-refractivity contribution in [2.75, 3.05) is 29.2 Å². The molecule has 1 unspecified atom stereocenters. The van der Waals surface area contributed by atoms with Gasteiger partial charge in [-0.05, 0) is 13.8 Å². The molecule has 6 nitrogen and oxygen atoms in total. The van der Waals surface area contributed by atoms with E-state index in [1.165, 1.54) is 6.26 Å². The van der Waals surface area contributed by atoms with E-state index in [9.17, 15) is 8.42 Å². The van der Waals surface area contributed by atoms with E-state index in [0.717, 1.165) is 24.6 Å². The molecule has 108 valence electrons. The van der Waals surface area contributed by atoms with Crippen LogP contribution in [0.5, 0.6) is 0 Å². The maximum absolute atomic E-state index is 11.2. The van der Waals surface area contributed by atoms with Crippen molar-refractivity contribution in [3.8, 4) is 0 Å². The first kappa shape index (κ1) is 15.7. The van der Waals surface area contributed by atoms with Crippen LogP contribution in [-0.2, 0) is 16.3 Å². The summed E-state index contributed by atoms with van der Waals surface area (Å²) in [6.07, 6.45) is 1.96. The molecule has 1 aromatic rings. The van der Waals surface area contributed by atoms with Crippen LogP contribution in [0.1, 0.15) is 26.6 Å². The quantitative estimate of drug-likeness (QED) is 0.786. The Balaban J connectivity index is 2.84. The fraction of sp³-hybridized carbons (Fsp3) is 0.667. The van der Waals surface area contributed by atoms with Crippen molar-refractivity contribution in [2.45, 2.75) is 33.2 Å². The van der Waals surface area contributed by atoms with Crippen LogP contribution < -0.4 is 10.6 Å². The molecule has 0 bridgehead atoms. The topological polar surface area (TPSA) is 84.0 Å². The molecule has 7 heteroatoms. The zero-order chi connectivity index (χ0) is 14.5. The van der Waals surface area contributed by atoms with Gasteiger partial charge >= 0.3 is 0 Å². The van der Waals surface area contributed by atoms with E-state index in [0.29, 0.717) is 5.82 Å². The maximum Gasteiger partial charge on any atom is 0.149 e. The number of anilines is 2. The number of nitrogens with zero attached hydrogens (tertiary/aromatic N) is 2. The number of sulfone groups is 1. The number of nitrogens with one attached hydrogen (secondary N) is 2. The van der Waals surface area contributed by atoms with Gasteiger partial charge in [0.2, 0.25) is 0 Å². The molecule has 0 saturated carbocycles. The second-order valence-corrected chi connectivity index (χ2v) is 6.76. The van der Waals surface area contributed by atoms with E-state index in [1.807, 2.05) is 20.8 Å². The molecular weight excluding hydrogens is 264 g/mol. The van der Waals surface area contributed by atoms with E-state index in [2.05, 4.69) is 20.6 Å². The van der Waals surface area contributed by atoms with Gasteiger partial charge in [0.1, 0.15) is 27.3 Å². The summed E-state index contributed by atoms with van der Waals surface area (Å²) in [6.45, 7) is 6.57. The highest BCUT2D eigenvalue weighted by Gasteiger charge is 2.12. The summed E-state index contributed by atoms with van der Waals surface area (Å²) in [5, 5.41) is 6.24. The summed E-state index contributed by atoms with van der Waals surface area (Å²) in [5.41, 5.74) is 0. The third-order valence-corrected chi connectivity index (χ3v) is 3.50. The van der Waals surface area contributed by atoms with Gasteiger partial charge in [-0.3, -0.25) is 0 Å². The number of aryl methyl sites for hydroxylation is 1. The highest BCUT2D eigenvalue weighted by atomic mass is 32.2. The highest BCUT2D eigenvalue weighted by Crippen LogP contribution is 2.13. The van der Waals surface area contributed by atoms with Crippen molar-refractivity contribution in [1.29, 1.82) is 0 Å². The van der Waals surface area contributed by atoms with E-state index in [4.69, 9.17) is 0 Å². The molecule has 0 aliphatic rings. The number of hydrogen-bond acceptors (Lipinski definition) is 6. The summed E-state index contributed by atoms with van der Waals surface area (Å²) in [4.78, 5) is 8.69. The lowest BCUT2D eigenvalue weighted by atomic mass is 10.3. The number of rotatable bonds is 7. The maximum atomic E-state index is 11.2. The Labute approximate surface area is 115 Å². The van der Waals surface area contributed by atoms with Crippen LogP contribution in [0.25, 0.3) is 0 Å². The van der Waals surface area contributed by atoms with E-state index in [1.54, 1.807) is 6.07 Å². The minimum Gasteiger partial charge on any atom is -0.370 e. The summed E-state index contributed by atoms with van der Waals surface area (Å²) < 4.78 is 22.5. The predicted octanol–water partition coefficient (Wildman–Crippen LogP) is 1.32. The zero-order valence-electron chi connectivity index (χ0n) is 11.9. The Morgan fingerprint density at radius 3 is 2.42 bits per heavy atom. The third kappa shape index (κ3) is 5.87. The van der Waals surface area contributed by atoms with Crippen molar-refractivity contribution >= 4 is 21.5 Å². The summed E-state index contributed by atoms with van der Waals surface area (Å²) >= 11 is 0. The number of aromatic nitrogens is 2. The van der Waals surface area contributed by atoms with Gasteiger partial charge in [-0.25, -0.2) is 18.4 Å². The van der Waals surface area contributed by atoms with Crippen LogP contribution in [0.15, 0.2) is 6.07 Å². The average Bonchev–Trinajstić information content (AvgIpc) is 2.26. The minimum atomic E-state index is -3.00. The molecule has 0 saturated heterocycles. The van der Waals surface area contributed by atoms with Crippen molar-refractivity contribution in [1.82, 2.24) is 9.97 Å². The van der Waals surface area contributed by atoms with Crippen molar-refractivity contribution < 1.29 is 8.42 Å². The SMILES string of the molecule is CCNc1cc(NC(C)CS(C)(=O)=O)nc(CC)n1. The van der Waals surface area contributed by atoms with Crippen LogP contribution in [0.2, 0.25) is 0 Å². The Morgan fingerprint density at radius 1 is 1.26 bits per heavy atom. The normalized spacial score (nSPS) is 13.1. The Kier molecular flexibility index (Phi) is 5.53. The van der Waals surface area contributed by atoms with Crippen LogP contribution in [0, 0.1) is 0 Å². The molecule has 1 heterocycles. The lowest BCUT2D eigenvalue weighted by Gasteiger charge is -2.15. The minimum absolute atomic E-state index is 0.0784.